The van der Waals surface area contributed by atoms with Crippen molar-refractivity contribution in [1.29, 1.82) is 0 Å². The van der Waals surface area contributed by atoms with Crippen LogP contribution in [0.5, 0.6) is 0 Å². The molecule has 0 spiro atoms. The zero-order valence-electron chi connectivity index (χ0n) is 6.80. The van der Waals surface area contributed by atoms with Gasteiger partial charge in [-0.25, -0.2) is 9.79 Å². The first kappa shape index (κ1) is 8.65. The lowest BCUT2D eigenvalue weighted by atomic mass is 10.1. The maximum absolute atomic E-state index is 9.86. The van der Waals surface area contributed by atoms with Crippen LogP contribution in [0.1, 0.15) is 19.3 Å². The number of hydrogen-bond donors (Lipinski definition) is 0. The molecule has 0 aromatic heterocycles. The molecule has 1 heterocycles. The molecule has 1 fully saturated rings. The molecule has 0 saturated carbocycles. The van der Waals surface area contributed by atoms with Gasteiger partial charge >= 0.3 is 0 Å². The fourth-order valence-corrected chi connectivity index (χ4v) is 2.03. The predicted octanol–water partition coefficient (Wildman–Crippen LogP) is -0.416. The summed E-state index contributed by atoms with van der Waals surface area (Å²) in [6.07, 6.45) is 4.97. The van der Waals surface area contributed by atoms with Crippen LogP contribution in [0.25, 0.3) is 0 Å². The zero-order valence-corrected chi connectivity index (χ0v) is 8.80. The van der Waals surface area contributed by atoms with Crippen molar-refractivity contribution >= 4 is 16.3 Å². The van der Waals surface area contributed by atoms with Crippen LogP contribution in [0, 0.1) is 0 Å². The maximum atomic E-state index is 9.86. The van der Waals surface area contributed by atoms with Crippen LogP contribution in [0.3, 0.4) is 0 Å². The highest BCUT2D eigenvalue weighted by Gasteiger charge is 2.26. The first-order valence-electron chi connectivity index (χ1n) is 3.94. The number of rotatable bonds is 2. The Morgan fingerprint density at radius 3 is 3.00 bits per heavy atom. The molecule has 0 radical (unpaired) electrons. The Labute approximate surface area is 69.3 Å². The summed E-state index contributed by atoms with van der Waals surface area (Å²) < 4.78 is 5.56. The standard InChI is InChI=1S/C7H13NO2Si/c9-6-8-5-7(11)3-1-2-4-10-7/h1-5H2,11H3. The number of ether oxygens (including phenoxy) is 1. The Hall–Kier alpha value is -0.443. The van der Waals surface area contributed by atoms with Gasteiger partial charge in [-0.05, 0) is 19.3 Å². The minimum Gasteiger partial charge on any atom is -0.378 e. The molecule has 1 unspecified atom stereocenters. The molecule has 0 bridgehead atoms. The molecule has 1 rings (SSSR count). The minimum atomic E-state index is -0.0599. The van der Waals surface area contributed by atoms with Gasteiger partial charge in [0, 0.05) is 16.8 Å². The van der Waals surface area contributed by atoms with Crippen LogP contribution in [0.15, 0.2) is 4.99 Å². The number of nitrogens with zero attached hydrogens (tertiary/aromatic N) is 1. The molecular weight excluding hydrogens is 158 g/mol. The predicted molar refractivity (Wildman–Crippen MR) is 45.5 cm³/mol. The van der Waals surface area contributed by atoms with Crippen molar-refractivity contribution in [2.75, 3.05) is 13.2 Å². The topological polar surface area (TPSA) is 38.7 Å². The second-order valence-electron chi connectivity index (χ2n) is 3.16. The first-order chi connectivity index (χ1) is 5.27. The molecule has 62 valence electrons. The highest BCUT2D eigenvalue weighted by atomic mass is 28.1. The molecule has 1 aliphatic heterocycles. The van der Waals surface area contributed by atoms with E-state index in [-0.39, 0.29) is 5.22 Å². The van der Waals surface area contributed by atoms with E-state index in [9.17, 15) is 4.79 Å². The van der Waals surface area contributed by atoms with E-state index in [1.165, 1.54) is 6.42 Å². The molecule has 1 saturated heterocycles. The summed E-state index contributed by atoms with van der Waals surface area (Å²) >= 11 is 0. The molecule has 1 atom stereocenters. The summed E-state index contributed by atoms with van der Waals surface area (Å²) in [6.45, 7) is 1.35. The van der Waals surface area contributed by atoms with Gasteiger partial charge in [0.25, 0.3) is 0 Å². The summed E-state index contributed by atoms with van der Waals surface area (Å²) in [4.78, 5) is 13.4. The van der Waals surface area contributed by atoms with Gasteiger partial charge < -0.3 is 4.74 Å². The lowest BCUT2D eigenvalue weighted by Crippen LogP contribution is -2.39. The molecule has 0 amide bonds. The van der Waals surface area contributed by atoms with Crippen LogP contribution in [-0.2, 0) is 9.53 Å². The van der Waals surface area contributed by atoms with Gasteiger partial charge in [0.05, 0.1) is 11.8 Å². The van der Waals surface area contributed by atoms with E-state index < -0.39 is 0 Å². The highest BCUT2D eigenvalue weighted by Crippen LogP contribution is 2.21. The van der Waals surface area contributed by atoms with E-state index in [4.69, 9.17) is 4.74 Å². The summed E-state index contributed by atoms with van der Waals surface area (Å²) in [7, 11) is 0.949. The maximum Gasteiger partial charge on any atom is 0.235 e. The number of isocyanates is 1. The van der Waals surface area contributed by atoms with E-state index >= 15 is 0 Å². The van der Waals surface area contributed by atoms with Gasteiger partial charge in [-0.2, -0.15) is 0 Å². The molecule has 3 nitrogen and oxygen atoms in total. The molecule has 4 heteroatoms. The lowest BCUT2D eigenvalue weighted by molar-refractivity contribution is -0.0106. The third kappa shape index (κ3) is 2.58. The fraction of sp³-hybridized carbons (Fsp3) is 0.857. The minimum absolute atomic E-state index is 0.0599. The van der Waals surface area contributed by atoms with Crippen molar-refractivity contribution in [1.82, 2.24) is 0 Å². The smallest absolute Gasteiger partial charge is 0.235 e. The summed E-state index contributed by atoms with van der Waals surface area (Å²) in [5, 5.41) is -0.0599. The van der Waals surface area contributed by atoms with E-state index in [2.05, 4.69) is 4.99 Å². The zero-order chi connectivity index (χ0) is 8.16. The highest BCUT2D eigenvalue weighted by molar-refractivity contribution is 6.14. The molecule has 0 aromatic rings. The third-order valence-corrected chi connectivity index (χ3v) is 3.13. The van der Waals surface area contributed by atoms with E-state index in [1.54, 1.807) is 6.08 Å². The second kappa shape index (κ2) is 3.81. The van der Waals surface area contributed by atoms with Gasteiger partial charge in [-0.1, -0.05) is 0 Å². The Balaban J connectivity index is 2.42. The fourth-order valence-electron chi connectivity index (χ4n) is 1.32. The summed E-state index contributed by atoms with van der Waals surface area (Å²) in [5.74, 6) is 0. The van der Waals surface area contributed by atoms with Crippen molar-refractivity contribution in [2.24, 2.45) is 4.99 Å². The Morgan fingerprint density at radius 1 is 1.64 bits per heavy atom. The summed E-state index contributed by atoms with van der Waals surface area (Å²) in [5.41, 5.74) is 0. The molecule has 11 heavy (non-hydrogen) atoms. The largest absolute Gasteiger partial charge is 0.378 e. The van der Waals surface area contributed by atoms with E-state index in [1.807, 2.05) is 0 Å². The average molecular weight is 171 g/mol. The van der Waals surface area contributed by atoms with Gasteiger partial charge in [-0.3, -0.25) is 0 Å². The van der Waals surface area contributed by atoms with Gasteiger partial charge in [-0.15, -0.1) is 0 Å². The third-order valence-electron chi connectivity index (χ3n) is 2.03. The molecule has 0 aliphatic carbocycles. The molecule has 0 N–H and O–H groups in total. The Kier molecular flexibility index (Phi) is 2.99. The molecular formula is C7H13NO2Si. The van der Waals surface area contributed by atoms with E-state index in [0.29, 0.717) is 6.54 Å². The van der Waals surface area contributed by atoms with Crippen molar-refractivity contribution in [3.8, 4) is 0 Å². The number of carbonyl (C=O) groups excluding carboxylic acids is 1. The normalized spacial score (nSPS) is 31.3. The van der Waals surface area contributed by atoms with Crippen LogP contribution in [0.4, 0.5) is 0 Å². The van der Waals surface area contributed by atoms with Crippen LogP contribution < -0.4 is 0 Å². The van der Waals surface area contributed by atoms with Gasteiger partial charge in [0.2, 0.25) is 6.08 Å². The van der Waals surface area contributed by atoms with E-state index in [0.717, 1.165) is 29.7 Å². The van der Waals surface area contributed by atoms with Crippen LogP contribution >= 0.6 is 0 Å². The lowest BCUT2D eigenvalue weighted by Gasteiger charge is -2.31. The Bertz CT molecular complexity index is 171. The molecule has 0 aromatic carbocycles. The average Bonchev–Trinajstić information content (AvgIpc) is 2.03. The van der Waals surface area contributed by atoms with Gasteiger partial charge in [0.15, 0.2) is 0 Å². The van der Waals surface area contributed by atoms with Crippen LogP contribution in [0.2, 0.25) is 0 Å². The molecule has 1 aliphatic rings. The second-order valence-corrected chi connectivity index (χ2v) is 4.99. The van der Waals surface area contributed by atoms with Gasteiger partial charge in [0.1, 0.15) is 0 Å². The van der Waals surface area contributed by atoms with Crippen molar-refractivity contribution in [3.63, 3.8) is 0 Å². The first-order valence-corrected chi connectivity index (χ1v) is 4.94. The van der Waals surface area contributed by atoms with Crippen molar-refractivity contribution in [2.45, 2.75) is 24.5 Å². The van der Waals surface area contributed by atoms with Crippen molar-refractivity contribution in [3.05, 3.63) is 0 Å². The monoisotopic (exact) mass is 171 g/mol. The summed E-state index contributed by atoms with van der Waals surface area (Å²) in [6, 6.07) is 0. The quantitative estimate of drug-likeness (QED) is 0.322. The van der Waals surface area contributed by atoms with Crippen LogP contribution in [-0.4, -0.2) is 34.7 Å². The Morgan fingerprint density at radius 2 is 2.45 bits per heavy atom. The number of aliphatic imine (C=N–C) groups is 1. The number of hydrogen-bond acceptors (Lipinski definition) is 3. The SMILES string of the molecule is O=C=NCC1([SiH3])CCCCO1. The van der Waals surface area contributed by atoms with Crippen molar-refractivity contribution < 1.29 is 9.53 Å².